The van der Waals surface area contributed by atoms with Crippen molar-refractivity contribution in [2.75, 3.05) is 5.73 Å². The van der Waals surface area contributed by atoms with E-state index in [4.69, 9.17) is 5.73 Å². The summed E-state index contributed by atoms with van der Waals surface area (Å²) in [6, 6.07) is 18.1. The predicted molar refractivity (Wildman–Crippen MR) is 270 cm³/mol. The van der Waals surface area contributed by atoms with Gasteiger partial charge in [0.25, 0.3) is 60.7 Å². The maximum atomic E-state index is 12.8. The van der Waals surface area contributed by atoms with E-state index in [2.05, 4.69) is 40.9 Å². The highest BCUT2D eigenvalue weighted by Crippen LogP contribution is 2.50. The molecule has 8 aromatic rings. The Morgan fingerprint density at radius 2 is 0.628 bits per heavy atom. The lowest BCUT2D eigenvalue weighted by Gasteiger charge is -2.14. The number of hydrogen-bond donors (Lipinski definition) is 10. The van der Waals surface area contributed by atoms with Crippen molar-refractivity contribution in [3.05, 3.63) is 109 Å². The normalized spacial score (nSPS) is 13.4. The summed E-state index contributed by atoms with van der Waals surface area (Å²) in [6.45, 7) is 0. The SMILES string of the molecule is Nc1c(N=Nc2ccc3cc(S(=O)(=O)O)c(N=Nc4ccccc4S(=O)(=O)O)c(O)c3c2)c(S(=O)(=O)O)cc2cc(S(=O)(=O)O)c(N=Nc3ccc4cc(S(=O)(=O)O)c(N=Nc5ccccc5S(=O)(=O)O)c(O)c4c3)c(O)c12. The van der Waals surface area contributed by atoms with Crippen molar-refractivity contribution in [1.29, 1.82) is 0 Å². The lowest BCUT2D eigenvalue weighted by Crippen LogP contribution is -2.03. The molecule has 8 aromatic carbocycles. The summed E-state index contributed by atoms with van der Waals surface area (Å²) >= 11 is 0. The van der Waals surface area contributed by atoms with Crippen molar-refractivity contribution >= 4 is 144 Å². The van der Waals surface area contributed by atoms with Gasteiger partial charge < -0.3 is 21.1 Å². The zero-order valence-corrected chi connectivity index (χ0v) is 42.8. The van der Waals surface area contributed by atoms with Crippen molar-refractivity contribution in [2.24, 2.45) is 40.9 Å². The molecule has 78 heavy (non-hydrogen) atoms. The van der Waals surface area contributed by atoms with Crippen LogP contribution in [-0.4, -0.2) is 93.1 Å². The minimum Gasteiger partial charge on any atom is -0.505 e. The quantitative estimate of drug-likeness (QED) is 0.0276. The molecule has 404 valence electrons. The van der Waals surface area contributed by atoms with E-state index in [1.54, 1.807) is 0 Å². The fraction of sp³-hybridized carbons (Fsp3) is 0. The molecule has 0 spiro atoms. The Balaban J connectivity index is 1.24. The average Bonchev–Trinajstić information content (AvgIpc) is 3.45. The first-order chi connectivity index (χ1) is 36.1. The standard InChI is InChI=1S/C42H29N9O21S6/c43-35-34-21(15-30(75(61,62)63)36(35)48-44-22-11-9-19-13-31(76(64,65)66)37(40(52)24(19)17-22)50-46-26-5-1-3-7-28(26)73(55,56)57)16-33(78(70,71)72)39(42(34)54)49-45-23-12-10-20-14-32(77(67,68)69)38(41(53)25(20)18-23)51-47-27-6-2-4-8-29(27)74(58,59)60/h1-18,52-54H,43H2,(H,55,56,57)(H,58,59,60)(H,61,62,63)(H,64,65,66)(H,67,68,69)(H,70,71,72). The minimum absolute atomic E-state index is 0.123. The van der Waals surface area contributed by atoms with Gasteiger partial charge in [0.15, 0.2) is 17.2 Å². The van der Waals surface area contributed by atoms with Crippen LogP contribution in [0.3, 0.4) is 0 Å². The first-order valence-electron chi connectivity index (χ1n) is 20.6. The number of azo groups is 4. The first kappa shape index (κ1) is 55.8. The molecule has 0 bridgehead atoms. The number of phenolic OH excluding ortho intramolecular Hbond substituents is 3. The monoisotopic (exact) mass is 1190 g/mol. The second-order valence-electron chi connectivity index (χ2n) is 15.8. The number of nitrogens with zero attached hydrogens (tertiary/aromatic N) is 8. The molecule has 0 amide bonds. The summed E-state index contributed by atoms with van der Waals surface area (Å²) < 4.78 is 208. The van der Waals surface area contributed by atoms with Gasteiger partial charge in [-0.05, 0) is 89.0 Å². The lowest BCUT2D eigenvalue weighted by atomic mass is 10.0. The van der Waals surface area contributed by atoms with E-state index in [-0.39, 0.29) is 32.9 Å². The molecule has 30 nitrogen and oxygen atoms in total. The molecular weight excluding hydrogens is 1160 g/mol. The van der Waals surface area contributed by atoms with Gasteiger partial charge in [-0.15, -0.1) is 30.7 Å². The number of aromatic hydroxyl groups is 3. The number of anilines is 1. The predicted octanol–water partition coefficient (Wildman–Crippen LogP) is 8.99. The molecule has 0 aliphatic heterocycles. The fourth-order valence-electron chi connectivity index (χ4n) is 7.41. The van der Waals surface area contributed by atoms with E-state index in [1.165, 1.54) is 24.3 Å². The lowest BCUT2D eigenvalue weighted by molar-refractivity contribution is 0.471. The smallest absolute Gasteiger partial charge is 0.296 e. The molecule has 0 saturated heterocycles. The van der Waals surface area contributed by atoms with Crippen LogP contribution in [0.15, 0.2) is 179 Å². The van der Waals surface area contributed by atoms with E-state index in [9.17, 15) is 93.1 Å². The van der Waals surface area contributed by atoms with Crippen LogP contribution in [0.5, 0.6) is 17.2 Å². The number of phenols is 3. The summed E-state index contributed by atoms with van der Waals surface area (Å²) in [5.74, 6) is -3.28. The van der Waals surface area contributed by atoms with Gasteiger partial charge in [0.2, 0.25) is 0 Å². The van der Waals surface area contributed by atoms with Crippen LogP contribution in [-0.2, 0) is 60.7 Å². The zero-order chi connectivity index (χ0) is 57.2. The van der Waals surface area contributed by atoms with E-state index in [0.717, 1.165) is 72.8 Å². The largest absolute Gasteiger partial charge is 0.505 e. The van der Waals surface area contributed by atoms with E-state index in [1.807, 2.05) is 0 Å². The minimum atomic E-state index is -5.46. The van der Waals surface area contributed by atoms with Crippen molar-refractivity contribution in [2.45, 2.75) is 29.4 Å². The topological polar surface area (TPSA) is 512 Å². The molecular formula is C42H29N9O21S6. The molecule has 0 radical (unpaired) electrons. The number of nitrogen functional groups attached to an aromatic ring is 1. The molecule has 0 saturated carbocycles. The van der Waals surface area contributed by atoms with Gasteiger partial charge in [0, 0.05) is 10.8 Å². The van der Waals surface area contributed by atoms with Gasteiger partial charge in [-0.1, -0.05) is 36.4 Å². The van der Waals surface area contributed by atoms with Gasteiger partial charge in [-0.3, -0.25) is 27.3 Å². The van der Waals surface area contributed by atoms with E-state index < -0.39 is 158 Å². The molecule has 0 heterocycles. The third-order valence-corrected chi connectivity index (χ3v) is 16.1. The Kier molecular flexibility index (Phi) is 14.2. The molecule has 11 N–H and O–H groups in total. The van der Waals surface area contributed by atoms with Crippen LogP contribution in [0, 0.1) is 0 Å². The van der Waals surface area contributed by atoms with Crippen LogP contribution in [0.4, 0.5) is 51.2 Å². The van der Waals surface area contributed by atoms with Crippen molar-refractivity contribution in [1.82, 2.24) is 0 Å². The van der Waals surface area contributed by atoms with E-state index in [0.29, 0.717) is 12.1 Å². The van der Waals surface area contributed by atoms with Crippen molar-refractivity contribution in [3.63, 3.8) is 0 Å². The van der Waals surface area contributed by atoms with Crippen LogP contribution in [0.2, 0.25) is 0 Å². The third-order valence-electron chi connectivity index (χ3n) is 10.8. The summed E-state index contributed by atoms with van der Waals surface area (Å²) in [5, 5.41) is 61.9. The third kappa shape index (κ3) is 11.2. The Morgan fingerprint density at radius 1 is 0.321 bits per heavy atom. The zero-order valence-electron chi connectivity index (χ0n) is 37.9. The Morgan fingerprint density at radius 3 is 1.00 bits per heavy atom. The van der Waals surface area contributed by atoms with Crippen LogP contribution in [0.1, 0.15) is 0 Å². The number of rotatable bonds is 14. The van der Waals surface area contributed by atoms with Gasteiger partial charge in [0.1, 0.15) is 63.5 Å². The van der Waals surface area contributed by atoms with Gasteiger partial charge in [0.05, 0.1) is 22.4 Å². The van der Waals surface area contributed by atoms with E-state index >= 15 is 0 Å². The Labute approximate surface area is 437 Å². The number of hydrogen-bond acceptors (Lipinski definition) is 24. The van der Waals surface area contributed by atoms with Gasteiger partial charge in [-0.2, -0.15) is 60.7 Å². The Hall–Kier alpha value is -8.40. The molecule has 0 unspecified atom stereocenters. The van der Waals surface area contributed by atoms with Crippen LogP contribution < -0.4 is 5.73 Å². The molecule has 0 fully saturated rings. The summed E-state index contributed by atoms with van der Waals surface area (Å²) in [6.07, 6.45) is 0. The maximum absolute atomic E-state index is 12.8. The molecule has 36 heteroatoms. The van der Waals surface area contributed by atoms with Crippen molar-refractivity contribution in [3.8, 4) is 17.2 Å². The second-order valence-corrected chi connectivity index (χ2v) is 24.2. The summed E-state index contributed by atoms with van der Waals surface area (Å²) in [4.78, 5) is -6.02. The van der Waals surface area contributed by atoms with Crippen LogP contribution >= 0.6 is 0 Å². The Bertz CT molecular complexity index is 4490. The van der Waals surface area contributed by atoms with Crippen LogP contribution in [0.25, 0.3) is 32.3 Å². The molecule has 0 aliphatic carbocycles. The highest BCUT2D eigenvalue weighted by atomic mass is 32.2. The highest BCUT2D eigenvalue weighted by molar-refractivity contribution is 7.87. The molecule has 0 aliphatic rings. The van der Waals surface area contributed by atoms with Gasteiger partial charge in [-0.25, -0.2) is 0 Å². The molecule has 0 atom stereocenters. The average molecular weight is 1190 g/mol. The number of benzene rings is 8. The van der Waals surface area contributed by atoms with Crippen molar-refractivity contribution < 1.29 is 93.1 Å². The summed E-state index contributed by atoms with van der Waals surface area (Å²) in [5.41, 5.74) is -0.166. The summed E-state index contributed by atoms with van der Waals surface area (Å²) in [7, 11) is -31.1. The molecule has 0 aromatic heterocycles. The number of nitrogens with two attached hydrogens (primary N) is 1. The van der Waals surface area contributed by atoms with Gasteiger partial charge >= 0.3 is 0 Å². The molecule has 8 rings (SSSR count). The highest BCUT2D eigenvalue weighted by Gasteiger charge is 2.30. The maximum Gasteiger partial charge on any atom is 0.296 e. The fourth-order valence-corrected chi connectivity index (χ4v) is 11.3. The first-order valence-corrected chi connectivity index (χ1v) is 29.2. The second kappa shape index (κ2) is 19.9. The number of fused-ring (bicyclic) bond motifs is 3.